The van der Waals surface area contributed by atoms with Crippen LogP contribution in [0.4, 0.5) is 0 Å². The van der Waals surface area contributed by atoms with Crippen LogP contribution in [-0.4, -0.2) is 22.5 Å². The van der Waals surface area contributed by atoms with Gasteiger partial charge in [-0.1, -0.05) is 35.5 Å². The zero-order valence-corrected chi connectivity index (χ0v) is 8.00. The molecule has 0 amide bonds. The van der Waals surface area contributed by atoms with Crippen molar-refractivity contribution in [1.29, 1.82) is 0 Å². The van der Waals surface area contributed by atoms with Crippen molar-refractivity contribution in [1.82, 2.24) is 0 Å². The Morgan fingerprint density at radius 2 is 2.13 bits per heavy atom. The normalized spacial score (nSPS) is 11.2. The van der Waals surface area contributed by atoms with Gasteiger partial charge in [-0.3, -0.25) is 4.79 Å². The monoisotopic (exact) mass is 205 g/mol. The first-order chi connectivity index (χ1) is 7.22. The maximum absolute atomic E-state index is 10.3. The van der Waals surface area contributed by atoms with Gasteiger partial charge < -0.3 is 10.3 Å². The van der Waals surface area contributed by atoms with Gasteiger partial charge in [0.25, 0.3) is 0 Å². The molecule has 4 heteroatoms. The van der Waals surface area contributed by atoms with Gasteiger partial charge in [-0.05, 0) is 17.2 Å². The standard InChI is InChI=1S/C11H11NO3/c13-11(14)6-2-4-9-3-1-5-10(7-9)8-12-15/h1-5,7-8,15H,6H2,(H,13,14). The van der Waals surface area contributed by atoms with E-state index in [1.54, 1.807) is 30.4 Å². The maximum Gasteiger partial charge on any atom is 0.307 e. The van der Waals surface area contributed by atoms with Gasteiger partial charge in [0.1, 0.15) is 0 Å². The van der Waals surface area contributed by atoms with E-state index in [0.717, 1.165) is 11.1 Å². The van der Waals surface area contributed by atoms with Crippen LogP contribution in [0.3, 0.4) is 0 Å². The van der Waals surface area contributed by atoms with Gasteiger partial charge in [0.15, 0.2) is 0 Å². The molecule has 0 bridgehead atoms. The quantitative estimate of drug-likeness (QED) is 0.448. The van der Waals surface area contributed by atoms with Crippen LogP contribution in [0.5, 0.6) is 0 Å². The van der Waals surface area contributed by atoms with E-state index in [2.05, 4.69) is 5.16 Å². The van der Waals surface area contributed by atoms with E-state index in [1.165, 1.54) is 6.21 Å². The van der Waals surface area contributed by atoms with Crippen LogP contribution in [0, 0.1) is 0 Å². The maximum atomic E-state index is 10.3. The molecule has 0 radical (unpaired) electrons. The summed E-state index contributed by atoms with van der Waals surface area (Å²) in [5.41, 5.74) is 1.63. The third-order valence-corrected chi connectivity index (χ3v) is 1.72. The number of rotatable bonds is 4. The van der Waals surface area contributed by atoms with Gasteiger partial charge in [0, 0.05) is 0 Å². The molecule has 78 valence electrons. The molecule has 1 aromatic carbocycles. The molecule has 0 spiro atoms. The van der Waals surface area contributed by atoms with Gasteiger partial charge in [-0.15, -0.1) is 0 Å². The summed E-state index contributed by atoms with van der Waals surface area (Å²) in [4.78, 5) is 10.3. The van der Waals surface area contributed by atoms with Crippen molar-refractivity contribution in [2.75, 3.05) is 0 Å². The van der Waals surface area contributed by atoms with Crippen LogP contribution in [0.25, 0.3) is 6.08 Å². The van der Waals surface area contributed by atoms with Crippen LogP contribution in [0.1, 0.15) is 17.5 Å². The third-order valence-electron chi connectivity index (χ3n) is 1.72. The molecule has 0 saturated heterocycles. The molecular formula is C11H11NO3. The van der Waals surface area contributed by atoms with Gasteiger partial charge in [0.2, 0.25) is 0 Å². The summed E-state index contributed by atoms with van der Waals surface area (Å²) < 4.78 is 0. The van der Waals surface area contributed by atoms with Gasteiger partial charge in [-0.25, -0.2) is 0 Å². The lowest BCUT2D eigenvalue weighted by Crippen LogP contribution is -1.89. The second-order valence-electron chi connectivity index (χ2n) is 2.91. The Hall–Kier alpha value is -2.10. The second-order valence-corrected chi connectivity index (χ2v) is 2.91. The number of carboxylic acids is 1. The molecule has 0 aliphatic heterocycles. The number of oxime groups is 1. The number of carboxylic acid groups (broad SMARTS) is 1. The van der Waals surface area contributed by atoms with E-state index in [9.17, 15) is 4.79 Å². The molecule has 0 saturated carbocycles. The molecule has 4 nitrogen and oxygen atoms in total. The lowest BCUT2D eigenvalue weighted by atomic mass is 10.1. The Kier molecular flexibility index (Phi) is 4.09. The zero-order chi connectivity index (χ0) is 11.1. The minimum Gasteiger partial charge on any atom is -0.481 e. The fraction of sp³-hybridized carbons (Fsp3) is 0.0909. The fourth-order valence-electron chi connectivity index (χ4n) is 1.11. The molecule has 1 rings (SSSR count). The Balaban J connectivity index is 2.73. The Morgan fingerprint density at radius 3 is 2.80 bits per heavy atom. The average molecular weight is 205 g/mol. The molecule has 15 heavy (non-hydrogen) atoms. The second kappa shape index (κ2) is 5.59. The highest BCUT2D eigenvalue weighted by atomic mass is 16.4. The fourth-order valence-corrected chi connectivity index (χ4v) is 1.11. The summed E-state index contributed by atoms with van der Waals surface area (Å²) in [6, 6.07) is 7.22. The van der Waals surface area contributed by atoms with E-state index >= 15 is 0 Å². The largest absolute Gasteiger partial charge is 0.481 e. The first-order valence-corrected chi connectivity index (χ1v) is 4.38. The lowest BCUT2D eigenvalue weighted by Gasteiger charge is -1.95. The summed E-state index contributed by atoms with van der Waals surface area (Å²) in [6.45, 7) is 0. The van der Waals surface area contributed by atoms with Gasteiger partial charge in [-0.2, -0.15) is 0 Å². The van der Waals surface area contributed by atoms with Crippen LogP contribution in [0.15, 0.2) is 35.5 Å². The SMILES string of the molecule is O=C(O)CC=Cc1cccc(C=NO)c1. The molecule has 0 fully saturated rings. The lowest BCUT2D eigenvalue weighted by molar-refractivity contribution is -0.135. The predicted molar refractivity (Wildman–Crippen MR) is 57.1 cm³/mol. The minimum absolute atomic E-state index is 0.00167. The first kappa shape index (κ1) is 11.0. The molecule has 0 aromatic heterocycles. The average Bonchev–Trinajstić information content (AvgIpc) is 2.18. The van der Waals surface area contributed by atoms with E-state index in [-0.39, 0.29) is 6.42 Å². The molecule has 2 N–H and O–H groups in total. The Morgan fingerprint density at radius 1 is 1.40 bits per heavy atom. The van der Waals surface area contributed by atoms with Crippen molar-refractivity contribution in [3.8, 4) is 0 Å². The molecule has 0 atom stereocenters. The first-order valence-electron chi connectivity index (χ1n) is 4.38. The van der Waals surface area contributed by atoms with Crippen molar-refractivity contribution in [2.45, 2.75) is 6.42 Å². The number of aliphatic carboxylic acids is 1. The van der Waals surface area contributed by atoms with Gasteiger partial charge in [0.05, 0.1) is 12.6 Å². The van der Waals surface area contributed by atoms with Crippen LogP contribution in [-0.2, 0) is 4.79 Å². The summed E-state index contributed by atoms with van der Waals surface area (Å²) in [7, 11) is 0. The molecule has 0 unspecified atom stereocenters. The number of benzene rings is 1. The Bertz CT molecular complexity index is 397. The summed E-state index contributed by atoms with van der Waals surface area (Å²) >= 11 is 0. The molecule has 0 aliphatic rings. The Labute approximate surface area is 87.2 Å². The van der Waals surface area contributed by atoms with Crippen molar-refractivity contribution in [2.24, 2.45) is 5.16 Å². The number of hydrogen-bond donors (Lipinski definition) is 2. The van der Waals surface area contributed by atoms with Crippen molar-refractivity contribution in [3.63, 3.8) is 0 Å². The van der Waals surface area contributed by atoms with E-state index < -0.39 is 5.97 Å². The summed E-state index contributed by atoms with van der Waals surface area (Å²) in [5.74, 6) is -0.862. The highest BCUT2D eigenvalue weighted by Gasteiger charge is 1.92. The summed E-state index contributed by atoms with van der Waals surface area (Å²) in [6.07, 6.45) is 4.59. The van der Waals surface area contributed by atoms with E-state index in [0.29, 0.717) is 0 Å². The molecule has 0 heterocycles. The summed E-state index contributed by atoms with van der Waals surface area (Å²) in [5, 5.41) is 19.7. The van der Waals surface area contributed by atoms with Crippen molar-refractivity contribution < 1.29 is 15.1 Å². The molecular weight excluding hydrogens is 194 g/mol. The molecule has 0 aliphatic carbocycles. The number of carbonyl (C=O) groups is 1. The zero-order valence-electron chi connectivity index (χ0n) is 8.00. The van der Waals surface area contributed by atoms with E-state index in [1.807, 2.05) is 6.07 Å². The topological polar surface area (TPSA) is 69.9 Å². The highest BCUT2D eigenvalue weighted by Crippen LogP contribution is 2.05. The predicted octanol–water partition coefficient (Wildman–Crippen LogP) is 1.98. The smallest absolute Gasteiger partial charge is 0.307 e. The minimum atomic E-state index is -0.862. The number of hydrogen-bond acceptors (Lipinski definition) is 3. The van der Waals surface area contributed by atoms with Gasteiger partial charge >= 0.3 is 5.97 Å². The highest BCUT2D eigenvalue weighted by molar-refractivity contribution is 5.80. The molecule has 1 aromatic rings. The van der Waals surface area contributed by atoms with Crippen molar-refractivity contribution in [3.05, 3.63) is 41.5 Å². The van der Waals surface area contributed by atoms with E-state index in [4.69, 9.17) is 10.3 Å². The van der Waals surface area contributed by atoms with Crippen LogP contribution >= 0.6 is 0 Å². The number of nitrogens with zero attached hydrogens (tertiary/aromatic N) is 1. The van der Waals surface area contributed by atoms with Crippen LogP contribution < -0.4 is 0 Å². The van der Waals surface area contributed by atoms with Crippen LogP contribution in [0.2, 0.25) is 0 Å². The van der Waals surface area contributed by atoms with Crippen molar-refractivity contribution >= 4 is 18.3 Å². The third kappa shape index (κ3) is 4.08.